The normalized spacial score (nSPS) is 16.7. The number of halogens is 3. The quantitative estimate of drug-likeness (QED) is 0.858. The second-order valence-corrected chi connectivity index (χ2v) is 4.76. The molecule has 0 fully saturated rings. The molecule has 1 aliphatic rings. The lowest BCUT2D eigenvalue weighted by Gasteiger charge is -2.10. The van der Waals surface area contributed by atoms with Gasteiger partial charge in [-0.25, -0.2) is 9.79 Å². The van der Waals surface area contributed by atoms with Gasteiger partial charge in [0, 0.05) is 0 Å². The van der Waals surface area contributed by atoms with Crippen LogP contribution in [0.1, 0.15) is 25.0 Å². The Morgan fingerprint density at radius 1 is 1.35 bits per heavy atom. The summed E-state index contributed by atoms with van der Waals surface area (Å²) in [6.07, 6.45) is -3.44. The predicted molar refractivity (Wildman–Crippen MR) is 78.8 cm³/mol. The third-order valence-electron chi connectivity index (χ3n) is 3.17. The van der Waals surface area contributed by atoms with Crippen molar-refractivity contribution in [1.29, 1.82) is 0 Å². The number of carbonyl (C=O) groups is 1. The molecule has 1 aromatic rings. The van der Waals surface area contributed by atoms with Crippen molar-refractivity contribution < 1.29 is 27.8 Å². The van der Waals surface area contributed by atoms with Gasteiger partial charge in [0.05, 0.1) is 17.9 Å². The van der Waals surface area contributed by atoms with Crippen LogP contribution in [0.2, 0.25) is 0 Å². The van der Waals surface area contributed by atoms with Gasteiger partial charge in [-0.2, -0.15) is 13.2 Å². The second kappa shape index (κ2) is 6.28. The predicted octanol–water partition coefficient (Wildman–Crippen LogP) is 3.90. The number of hydrogen-bond acceptors (Lipinski definition) is 4. The average molecular weight is 325 g/mol. The molecular weight excluding hydrogens is 311 g/mol. The molecule has 0 aliphatic carbocycles. The van der Waals surface area contributed by atoms with Crippen molar-refractivity contribution in [3.63, 3.8) is 0 Å². The van der Waals surface area contributed by atoms with Crippen LogP contribution >= 0.6 is 0 Å². The van der Waals surface area contributed by atoms with E-state index in [0.29, 0.717) is 0 Å². The molecule has 122 valence electrons. The number of carbonyl (C=O) groups excluding carboxylic acids is 1. The summed E-state index contributed by atoms with van der Waals surface area (Å²) < 4.78 is 43.8. The zero-order valence-corrected chi connectivity index (χ0v) is 12.4. The van der Waals surface area contributed by atoms with E-state index in [1.54, 1.807) is 6.92 Å². The molecule has 4 nitrogen and oxygen atoms in total. The first-order valence-electron chi connectivity index (χ1n) is 6.80. The van der Waals surface area contributed by atoms with Crippen LogP contribution in [0.15, 0.2) is 46.3 Å². The van der Waals surface area contributed by atoms with Crippen molar-refractivity contribution in [3.05, 3.63) is 52.4 Å². The van der Waals surface area contributed by atoms with E-state index in [1.165, 1.54) is 25.1 Å². The Bertz CT molecular complexity index is 730. The van der Waals surface area contributed by atoms with Crippen LogP contribution in [0.25, 0.3) is 6.08 Å². The standard InChI is InChI=1S/C16H14F3NO3/c1-3-23-15(22)13-9(2)20-12(14(13)21)8-10-6-4-5-7-11(10)16(17,18)19/h4-8,21H,3H2,1-2H3. The number of rotatable bonds is 3. The number of nitrogens with zero attached hydrogens (tertiary/aromatic N) is 1. The maximum Gasteiger partial charge on any atom is 0.416 e. The molecule has 1 heterocycles. The van der Waals surface area contributed by atoms with Gasteiger partial charge in [-0.15, -0.1) is 0 Å². The topological polar surface area (TPSA) is 58.9 Å². The zero-order valence-electron chi connectivity index (χ0n) is 12.4. The first-order valence-corrected chi connectivity index (χ1v) is 6.80. The zero-order chi connectivity index (χ0) is 17.2. The molecule has 23 heavy (non-hydrogen) atoms. The van der Waals surface area contributed by atoms with E-state index in [4.69, 9.17) is 4.74 Å². The molecule has 0 aromatic heterocycles. The number of esters is 1. The third kappa shape index (κ3) is 3.44. The van der Waals surface area contributed by atoms with Crippen LogP contribution in [0, 0.1) is 0 Å². The van der Waals surface area contributed by atoms with Crippen LogP contribution < -0.4 is 0 Å². The molecule has 1 aliphatic heterocycles. The summed E-state index contributed by atoms with van der Waals surface area (Å²) in [5.74, 6) is -1.25. The molecule has 0 saturated heterocycles. The maximum atomic E-state index is 13.0. The Balaban J connectivity index is 2.49. The summed E-state index contributed by atoms with van der Waals surface area (Å²) in [6, 6.07) is 4.91. The van der Waals surface area contributed by atoms with Crippen LogP contribution in [0.3, 0.4) is 0 Å². The molecule has 0 saturated carbocycles. The molecule has 0 bridgehead atoms. The fraction of sp³-hybridized carbons (Fsp3) is 0.250. The molecular formula is C16H14F3NO3. The summed E-state index contributed by atoms with van der Waals surface area (Å²) >= 11 is 0. The number of benzene rings is 1. The van der Waals surface area contributed by atoms with E-state index in [-0.39, 0.29) is 29.2 Å². The summed E-state index contributed by atoms with van der Waals surface area (Å²) in [6.45, 7) is 3.19. The summed E-state index contributed by atoms with van der Waals surface area (Å²) in [7, 11) is 0. The molecule has 0 amide bonds. The summed E-state index contributed by atoms with van der Waals surface area (Å²) in [5.41, 5.74) is -1.05. The monoisotopic (exact) mass is 325 g/mol. The minimum absolute atomic E-state index is 0.109. The number of aliphatic hydroxyl groups is 1. The van der Waals surface area contributed by atoms with E-state index in [0.717, 1.165) is 12.1 Å². The van der Waals surface area contributed by atoms with Gasteiger partial charge < -0.3 is 9.84 Å². The fourth-order valence-corrected chi connectivity index (χ4v) is 2.17. The van der Waals surface area contributed by atoms with E-state index < -0.39 is 23.5 Å². The van der Waals surface area contributed by atoms with Gasteiger partial charge in [0.2, 0.25) is 0 Å². The van der Waals surface area contributed by atoms with Crippen LogP contribution in [0.5, 0.6) is 0 Å². The van der Waals surface area contributed by atoms with E-state index in [9.17, 15) is 23.1 Å². The average Bonchev–Trinajstić information content (AvgIpc) is 2.73. The van der Waals surface area contributed by atoms with Gasteiger partial charge in [-0.05, 0) is 31.6 Å². The number of aliphatic hydroxyl groups excluding tert-OH is 1. The lowest BCUT2D eigenvalue weighted by atomic mass is 10.1. The minimum atomic E-state index is -4.53. The van der Waals surface area contributed by atoms with Crippen molar-refractivity contribution in [2.24, 2.45) is 4.99 Å². The molecule has 1 aromatic carbocycles. The van der Waals surface area contributed by atoms with E-state index >= 15 is 0 Å². The number of alkyl halides is 3. The SMILES string of the molecule is CCOC(=O)C1=C(O)C(=Cc2ccccc2C(F)(F)F)N=C1C. The van der Waals surface area contributed by atoms with Crippen LogP contribution in [-0.4, -0.2) is 23.4 Å². The van der Waals surface area contributed by atoms with Crippen molar-refractivity contribution >= 4 is 17.8 Å². The number of aliphatic imine (C=N–C) groups is 1. The lowest BCUT2D eigenvalue weighted by molar-refractivity contribution is -0.138. The number of ether oxygens (including phenoxy) is 1. The lowest BCUT2D eigenvalue weighted by Crippen LogP contribution is -2.13. The van der Waals surface area contributed by atoms with Gasteiger partial charge >= 0.3 is 12.1 Å². The Morgan fingerprint density at radius 3 is 2.61 bits per heavy atom. The minimum Gasteiger partial charge on any atom is -0.505 e. The van der Waals surface area contributed by atoms with Crippen molar-refractivity contribution in [3.8, 4) is 0 Å². The Kier molecular flexibility index (Phi) is 4.58. The first-order chi connectivity index (χ1) is 10.8. The maximum absolute atomic E-state index is 13.0. The van der Waals surface area contributed by atoms with Gasteiger partial charge in [0.15, 0.2) is 5.76 Å². The Hall–Kier alpha value is -2.57. The van der Waals surface area contributed by atoms with E-state index in [2.05, 4.69) is 4.99 Å². The van der Waals surface area contributed by atoms with Crippen molar-refractivity contribution in [2.75, 3.05) is 6.61 Å². The van der Waals surface area contributed by atoms with E-state index in [1.807, 2.05) is 0 Å². The fourth-order valence-electron chi connectivity index (χ4n) is 2.17. The smallest absolute Gasteiger partial charge is 0.416 e. The molecule has 2 rings (SSSR count). The Morgan fingerprint density at radius 2 is 2.00 bits per heavy atom. The van der Waals surface area contributed by atoms with Crippen LogP contribution in [0.4, 0.5) is 13.2 Å². The summed E-state index contributed by atoms with van der Waals surface area (Å²) in [4.78, 5) is 15.7. The molecule has 0 radical (unpaired) electrons. The Labute approximate surface area is 130 Å². The third-order valence-corrected chi connectivity index (χ3v) is 3.17. The highest BCUT2D eigenvalue weighted by atomic mass is 19.4. The highest BCUT2D eigenvalue weighted by Gasteiger charge is 2.33. The molecule has 0 spiro atoms. The van der Waals surface area contributed by atoms with Crippen molar-refractivity contribution in [2.45, 2.75) is 20.0 Å². The van der Waals surface area contributed by atoms with Gasteiger partial charge in [0.25, 0.3) is 0 Å². The highest BCUT2D eigenvalue weighted by molar-refractivity contribution is 6.22. The second-order valence-electron chi connectivity index (χ2n) is 4.76. The molecule has 7 heteroatoms. The van der Waals surface area contributed by atoms with Crippen molar-refractivity contribution in [1.82, 2.24) is 0 Å². The van der Waals surface area contributed by atoms with Gasteiger partial charge in [-0.3, -0.25) is 0 Å². The molecule has 0 atom stereocenters. The summed E-state index contributed by atoms with van der Waals surface area (Å²) in [5, 5.41) is 10.1. The molecule has 0 unspecified atom stereocenters. The molecule has 1 N–H and O–H groups in total. The first kappa shape index (κ1) is 16.8. The number of hydrogen-bond donors (Lipinski definition) is 1. The van der Waals surface area contributed by atoms with Gasteiger partial charge in [0.1, 0.15) is 11.3 Å². The largest absolute Gasteiger partial charge is 0.505 e. The van der Waals surface area contributed by atoms with Gasteiger partial charge in [-0.1, -0.05) is 18.2 Å². The highest BCUT2D eigenvalue weighted by Crippen LogP contribution is 2.34. The van der Waals surface area contributed by atoms with Crippen LogP contribution in [-0.2, 0) is 15.7 Å².